The van der Waals surface area contributed by atoms with E-state index in [1.165, 1.54) is 4.90 Å². The zero-order chi connectivity index (χ0) is 26.0. The summed E-state index contributed by atoms with van der Waals surface area (Å²) in [6.45, 7) is 6.25. The van der Waals surface area contributed by atoms with E-state index >= 15 is 0 Å². The summed E-state index contributed by atoms with van der Waals surface area (Å²) in [5, 5.41) is 15.4. The van der Waals surface area contributed by atoms with Gasteiger partial charge in [0.1, 0.15) is 11.8 Å². The Morgan fingerprint density at radius 1 is 0.914 bits per heavy atom. The number of hydrogen-bond donors (Lipinski definition) is 3. The first-order chi connectivity index (χ1) is 16.5. The number of nitrogens with zero attached hydrogens (tertiary/aromatic N) is 1. The summed E-state index contributed by atoms with van der Waals surface area (Å²) in [6.07, 6.45) is 1.88. The molecule has 0 aromatic heterocycles. The van der Waals surface area contributed by atoms with Crippen molar-refractivity contribution in [2.24, 2.45) is 5.41 Å². The third-order valence-corrected chi connectivity index (χ3v) is 5.88. The number of hydrogen-bond acceptors (Lipinski definition) is 5. The van der Waals surface area contributed by atoms with Crippen LogP contribution in [-0.2, 0) is 27.2 Å². The standard InChI is InChI=1S/C28H39N3O4/c1-28(2,3)16-15-23(33)19-31(5)27(35)25(18-20-9-7-6-8-10-20)30-26(34)24(29-4)17-21-11-13-22(32)14-12-21/h6-14,24-25,29,32H,15-19H2,1-5H3,(H,30,34)/t24-,25+/m0/s1. The third kappa shape index (κ3) is 9.91. The van der Waals surface area contributed by atoms with Crippen molar-refractivity contribution >= 4 is 17.6 Å². The highest BCUT2D eigenvalue weighted by Crippen LogP contribution is 2.20. The van der Waals surface area contributed by atoms with E-state index in [0.29, 0.717) is 19.3 Å². The zero-order valence-electron chi connectivity index (χ0n) is 21.5. The second-order valence-electron chi connectivity index (χ2n) is 10.3. The van der Waals surface area contributed by atoms with Gasteiger partial charge in [-0.1, -0.05) is 63.2 Å². The van der Waals surface area contributed by atoms with Crippen LogP contribution in [0, 0.1) is 5.41 Å². The number of nitrogens with one attached hydrogen (secondary N) is 2. The number of benzene rings is 2. The van der Waals surface area contributed by atoms with Crippen LogP contribution in [0.25, 0.3) is 0 Å². The fourth-order valence-corrected chi connectivity index (χ4v) is 3.72. The molecule has 0 heterocycles. The number of Topliss-reactive ketones (excluding diaryl/α,β-unsaturated/α-hetero) is 1. The van der Waals surface area contributed by atoms with Gasteiger partial charge in [-0.15, -0.1) is 0 Å². The Hall–Kier alpha value is -3.19. The highest BCUT2D eigenvalue weighted by atomic mass is 16.3. The summed E-state index contributed by atoms with van der Waals surface area (Å²) in [6, 6.07) is 14.8. The lowest BCUT2D eigenvalue weighted by Gasteiger charge is -2.26. The first-order valence-corrected chi connectivity index (χ1v) is 12.0. The maximum absolute atomic E-state index is 13.3. The molecule has 0 unspecified atom stereocenters. The lowest BCUT2D eigenvalue weighted by atomic mass is 9.89. The molecule has 7 nitrogen and oxygen atoms in total. The minimum atomic E-state index is -0.805. The second-order valence-corrected chi connectivity index (χ2v) is 10.3. The molecule has 2 amide bonds. The smallest absolute Gasteiger partial charge is 0.245 e. The van der Waals surface area contributed by atoms with Crippen molar-refractivity contribution < 1.29 is 19.5 Å². The van der Waals surface area contributed by atoms with E-state index in [-0.39, 0.29) is 35.3 Å². The number of likely N-dealkylation sites (N-methyl/N-ethyl adjacent to an activating group) is 2. The minimum absolute atomic E-state index is 0.000921. The Balaban J connectivity index is 2.11. The Kier molecular flexibility index (Phi) is 10.5. The molecule has 0 spiro atoms. The van der Waals surface area contributed by atoms with E-state index in [2.05, 4.69) is 31.4 Å². The van der Waals surface area contributed by atoms with Crippen molar-refractivity contribution in [1.82, 2.24) is 15.5 Å². The summed E-state index contributed by atoms with van der Waals surface area (Å²) in [5.74, 6) is -0.443. The summed E-state index contributed by atoms with van der Waals surface area (Å²) in [7, 11) is 3.30. The number of ketones is 1. The molecule has 2 aromatic carbocycles. The van der Waals surface area contributed by atoms with Crippen LogP contribution < -0.4 is 10.6 Å². The monoisotopic (exact) mass is 481 g/mol. The van der Waals surface area contributed by atoms with Crippen LogP contribution in [0.3, 0.4) is 0 Å². The van der Waals surface area contributed by atoms with Gasteiger partial charge in [0.25, 0.3) is 0 Å². The molecule has 0 aliphatic heterocycles. The number of aromatic hydroxyl groups is 1. The number of phenolic OH excluding ortho intramolecular Hbond substituents is 1. The molecule has 0 saturated carbocycles. The van der Waals surface area contributed by atoms with Crippen LogP contribution in [-0.4, -0.2) is 60.3 Å². The molecule has 35 heavy (non-hydrogen) atoms. The van der Waals surface area contributed by atoms with Gasteiger partial charge in [-0.05, 0) is 48.6 Å². The van der Waals surface area contributed by atoms with Gasteiger partial charge in [0.2, 0.25) is 11.8 Å². The van der Waals surface area contributed by atoms with Crippen LogP contribution in [0.15, 0.2) is 54.6 Å². The molecule has 0 aliphatic rings. The number of carbonyl (C=O) groups excluding carboxylic acids is 3. The number of amides is 2. The van der Waals surface area contributed by atoms with E-state index in [1.54, 1.807) is 38.4 Å². The molecule has 0 fully saturated rings. The molecular formula is C28H39N3O4. The van der Waals surface area contributed by atoms with E-state index in [1.807, 2.05) is 30.3 Å². The van der Waals surface area contributed by atoms with Crippen molar-refractivity contribution in [2.75, 3.05) is 20.6 Å². The van der Waals surface area contributed by atoms with Crippen LogP contribution in [0.2, 0.25) is 0 Å². The molecule has 190 valence electrons. The lowest BCUT2D eigenvalue weighted by Crippen LogP contribution is -2.54. The highest BCUT2D eigenvalue weighted by Gasteiger charge is 2.28. The Morgan fingerprint density at radius 2 is 1.49 bits per heavy atom. The van der Waals surface area contributed by atoms with Gasteiger partial charge in [-0.2, -0.15) is 0 Å². The Morgan fingerprint density at radius 3 is 2.06 bits per heavy atom. The second kappa shape index (κ2) is 13.0. The van der Waals surface area contributed by atoms with Crippen molar-refractivity contribution in [3.63, 3.8) is 0 Å². The fraction of sp³-hybridized carbons (Fsp3) is 0.464. The SMILES string of the molecule is CN[C@@H](Cc1ccc(O)cc1)C(=O)N[C@H](Cc1ccccc1)C(=O)N(C)CC(=O)CCC(C)(C)C. The summed E-state index contributed by atoms with van der Waals surface area (Å²) in [4.78, 5) is 40.4. The van der Waals surface area contributed by atoms with Gasteiger partial charge in [0, 0.05) is 19.9 Å². The normalized spacial score (nSPS) is 13.1. The number of phenols is 1. The van der Waals surface area contributed by atoms with Crippen molar-refractivity contribution in [2.45, 2.75) is 58.5 Å². The molecule has 3 N–H and O–H groups in total. The summed E-state index contributed by atoms with van der Waals surface area (Å²) in [5.41, 5.74) is 1.84. The maximum atomic E-state index is 13.3. The quantitative estimate of drug-likeness (QED) is 0.433. The first-order valence-electron chi connectivity index (χ1n) is 12.0. The highest BCUT2D eigenvalue weighted by molar-refractivity contribution is 5.92. The molecule has 0 bridgehead atoms. The van der Waals surface area contributed by atoms with Crippen LogP contribution >= 0.6 is 0 Å². The van der Waals surface area contributed by atoms with E-state index in [0.717, 1.165) is 17.5 Å². The van der Waals surface area contributed by atoms with Gasteiger partial charge in [0.05, 0.1) is 12.6 Å². The van der Waals surface area contributed by atoms with Gasteiger partial charge in [-0.3, -0.25) is 14.4 Å². The van der Waals surface area contributed by atoms with Crippen molar-refractivity contribution in [3.05, 3.63) is 65.7 Å². The third-order valence-electron chi connectivity index (χ3n) is 5.88. The Bertz CT molecular complexity index is 968. The Labute approximate surface area is 208 Å². The molecule has 2 rings (SSSR count). The summed E-state index contributed by atoms with van der Waals surface area (Å²) < 4.78 is 0. The van der Waals surface area contributed by atoms with Crippen molar-refractivity contribution in [1.29, 1.82) is 0 Å². The first kappa shape index (κ1) is 28.1. The van der Waals surface area contributed by atoms with Crippen LogP contribution in [0.5, 0.6) is 5.75 Å². The largest absolute Gasteiger partial charge is 0.508 e. The van der Waals surface area contributed by atoms with E-state index in [4.69, 9.17) is 0 Å². The van der Waals surface area contributed by atoms with Crippen LogP contribution in [0.1, 0.15) is 44.7 Å². The molecular weight excluding hydrogens is 442 g/mol. The minimum Gasteiger partial charge on any atom is -0.508 e. The maximum Gasteiger partial charge on any atom is 0.245 e. The molecule has 0 radical (unpaired) electrons. The van der Waals surface area contributed by atoms with Crippen LogP contribution in [0.4, 0.5) is 0 Å². The predicted molar refractivity (Wildman–Crippen MR) is 138 cm³/mol. The predicted octanol–water partition coefficient (Wildman–Crippen LogP) is 3.10. The van der Waals surface area contributed by atoms with Crippen molar-refractivity contribution in [3.8, 4) is 5.75 Å². The molecule has 7 heteroatoms. The molecule has 0 saturated heterocycles. The molecule has 2 aromatic rings. The average Bonchev–Trinajstić information content (AvgIpc) is 2.81. The van der Waals surface area contributed by atoms with Gasteiger partial charge in [0.15, 0.2) is 5.78 Å². The topological polar surface area (TPSA) is 98.7 Å². The molecule has 0 aliphatic carbocycles. The van der Waals surface area contributed by atoms with Gasteiger partial charge in [-0.25, -0.2) is 0 Å². The van der Waals surface area contributed by atoms with Gasteiger partial charge < -0.3 is 20.6 Å². The number of carbonyl (C=O) groups is 3. The van der Waals surface area contributed by atoms with E-state index in [9.17, 15) is 19.5 Å². The molecule has 2 atom stereocenters. The summed E-state index contributed by atoms with van der Waals surface area (Å²) >= 11 is 0. The zero-order valence-corrected chi connectivity index (χ0v) is 21.5. The number of rotatable bonds is 12. The van der Waals surface area contributed by atoms with Gasteiger partial charge >= 0.3 is 0 Å². The average molecular weight is 482 g/mol. The fourth-order valence-electron chi connectivity index (χ4n) is 3.72. The lowest BCUT2D eigenvalue weighted by molar-refractivity contribution is -0.138. The van der Waals surface area contributed by atoms with E-state index < -0.39 is 12.1 Å².